The van der Waals surface area contributed by atoms with Gasteiger partial charge in [0.2, 0.25) is 5.91 Å². The summed E-state index contributed by atoms with van der Waals surface area (Å²) in [7, 11) is 0. The Morgan fingerprint density at radius 2 is 1.59 bits per heavy atom. The highest BCUT2D eigenvalue weighted by Gasteiger charge is 2.44. The summed E-state index contributed by atoms with van der Waals surface area (Å²) in [5.41, 5.74) is 0. The Morgan fingerprint density at radius 1 is 1.00 bits per heavy atom. The first-order valence-electron chi connectivity index (χ1n) is 11.6. The summed E-state index contributed by atoms with van der Waals surface area (Å²) in [5.74, 6) is 0.0261. The van der Waals surface area contributed by atoms with Gasteiger partial charge in [0.1, 0.15) is 24.4 Å². The maximum atomic E-state index is 12.5. The van der Waals surface area contributed by atoms with E-state index < -0.39 is 61.5 Å². The number of aliphatic hydroxyl groups excluding tert-OH is 6. The zero-order chi connectivity index (χ0) is 24.4. The molecule has 1 amide bonds. The Morgan fingerprint density at radius 3 is 2.16 bits per heavy atom. The minimum absolute atomic E-state index is 0.114. The predicted molar refractivity (Wildman–Crippen MR) is 116 cm³/mol. The molecular formula is C22H43NO9. The van der Waals surface area contributed by atoms with E-state index in [1.54, 1.807) is 0 Å². The quantitative estimate of drug-likeness (QED) is 0.175. The second kappa shape index (κ2) is 14.4. The van der Waals surface area contributed by atoms with Gasteiger partial charge in [0.25, 0.3) is 0 Å². The van der Waals surface area contributed by atoms with Crippen LogP contribution in [0.25, 0.3) is 0 Å². The summed E-state index contributed by atoms with van der Waals surface area (Å²) in [6.07, 6.45) is -6.41. The number of aliphatic hydroxyl groups is 6. The molecule has 0 aromatic rings. The van der Waals surface area contributed by atoms with Crippen LogP contribution in [-0.4, -0.2) is 98.7 Å². The molecule has 0 aromatic carbocycles. The summed E-state index contributed by atoms with van der Waals surface area (Å²) in [6.45, 7) is 7.13. The third kappa shape index (κ3) is 9.18. The second-order valence-corrected chi connectivity index (χ2v) is 9.13. The van der Waals surface area contributed by atoms with E-state index in [4.69, 9.17) is 9.47 Å². The van der Waals surface area contributed by atoms with Crippen LogP contribution >= 0.6 is 0 Å². The largest absolute Gasteiger partial charge is 0.394 e. The zero-order valence-electron chi connectivity index (χ0n) is 19.6. The van der Waals surface area contributed by atoms with Gasteiger partial charge in [-0.25, -0.2) is 0 Å². The van der Waals surface area contributed by atoms with Crippen molar-refractivity contribution < 1.29 is 44.9 Å². The van der Waals surface area contributed by atoms with Crippen LogP contribution in [-0.2, 0) is 14.3 Å². The van der Waals surface area contributed by atoms with Crippen molar-refractivity contribution in [1.29, 1.82) is 0 Å². The molecule has 1 aliphatic heterocycles. The van der Waals surface area contributed by atoms with Crippen molar-refractivity contribution in [2.24, 2.45) is 11.8 Å². The van der Waals surface area contributed by atoms with Crippen molar-refractivity contribution in [3.05, 3.63) is 0 Å². The fourth-order valence-electron chi connectivity index (χ4n) is 3.59. The number of ether oxygens (including phenoxy) is 2. The summed E-state index contributed by atoms with van der Waals surface area (Å²) in [6, 6.07) is -0.848. The van der Waals surface area contributed by atoms with E-state index in [2.05, 4.69) is 5.32 Å². The van der Waals surface area contributed by atoms with Gasteiger partial charge in [-0.2, -0.15) is 0 Å². The SMILES string of the molecule is CCC(C)C[C@@H](O)CC(=O)N[C@@H](CO[C@H]1OC(CO)[C@H](O)[C@H](O)C1O)[C@H](O)CC(C)CC. The second-order valence-electron chi connectivity index (χ2n) is 9.13. The topological polar surface area (TPSA) is 169 Å². The molecule has 10 heteroatoms. The Kier molecular flexibility index (Phi) is 13.2. The standard InChI is InChI=1S/C22H43NO9/c1-5-12(3)7-14(25)9-18(27)23-15(16(26)8-13(4)6-2)11-31-22-21(30)20(29)19(28)17(10-24)32-22/h12-17,19-22,24-26,28-30H,5-11H2,1-4H3,(H,23,27)/t12?,13?,14-,15+,16-,17?,19+,20+,21?,22+/m1/s1. The number of hydrogen-bond acceptors (Lipinski definition) is 9. The minimum Gasteiger partial charge on any atom is -0.394 e. The van der Waals surface area contributed by atoms with Gasteiger partial charge < -0.3 is 45.4 Å². The molecule has 0 aliphatic carbocycles. The molecule has 1 aliphatic rings. The molecule has 0 bridgehead atoms. The summed E-state index contributed by atoms with van der Waals surface area (Å²) < 4.78 is 10.9. The first-order valence-corrected chi connectivity index (χ1v) is 11.6. The molecule has 10 nitrogen and oxygen atoms in total. The molecule has 1 rings (SSSR count). The van der Waals surface area contributed by atoms with Crippen molar-refractivity contribution in [1.82, 2.24) is 5.32 Å². The van der Waals surface area contributed by atoms with Gasteiger partial charge in [0.05, 0.1) is 37.9 Å². The Bertz CT molecular complexity index is 536. The van der Waals surface area contributed by atoms with Crippen LogP contribution in [0.15, 0.2) is 0 Å². The van der Waals surface area contributed by atoms with E-state index in [1.807, 2.05) is 27.7 Å². The van der Waals surface area contributed by atoms with Gasteiger partial charge in [-0.3, -0.25) is 4.79 Å². The molecule has 0 saturated carbocycles. The molecule has 0 spiro atoms. The molecule has 1 heterocycles. The van der Waals surface area contributed by atoms with Gasteiger partial charge in [0.15, 0.2) is 6.29 Å². The van der Waals surface area contributed by atoms with Crippen LogP contribution in [0.2, 0.25) is 0 Å². The van der Waals surface area contributed by atoms with Crippen LogP contribution in [0.1, 0.15) is 59.8 Å². The number of carbonyl (C=O) groups excluding carboxylic acids is 1. The van der Waals surface area contributed by atoms with Crippen LogP contribution in [0.4, 0.5) is 0 Å². The van der Waals surface area contributed by atoms with Crippen molar-refractivity contribution in [2.45, 2.75) is 109 Å². The van der Waals surface area contributed by atoms with E-state index in [-0.39, 0.29) is 24.9 Å². The highest BCUT2D eigenvalue weighted by molar-refractivity contribution is 5.76. The highest BCUT2D eigenvalue weighted by Crippen LogP contribution is 2.23. The lowest BCUT2D eigenvalue weighted by Crippen LogP contribution is -2.60. The van der Waals surface area contributed by atoms with Crippen molar-refractivity contribution in [2.75, 3.05) is 13.2 Å². The first kappa shape index (κ1) is 29.2. The first-order chi connectivity index (χ1) is 15.0. The lowest BCUT2D eigenvalue weighted by molar-refractivity contribution is -0.302. The average molecular weight is 466 g/mol. The molecule has 7 N–H and O–H groups in total. The van der Waals surface area contributed by atoms with Crippen molar-refractivity contribution in [3.63, 3.8) is 0 Å². The predicted octanol–water partition coefficient (Wildman–Crippen LogP) is -0.728. The fraction of sp³-hybridized carbons (Fsp3) is 0.955. The lowest BCUT2D eigenvalue weighted by atomic mass is 9.96. The molecule has 32 heavy (non-hydrogen) atoms. The summed E-state index contributed by atoms with van der Waals surface area (Å²) in [5, 5.41) is 62.8. The highest BCUT2D eigenvalue weighted by atomic mass is 16.7. The van der Waals surface area contributed by atoms with E-state index in [1.165, 1.54) is 0 Å². The van der Waals surface area contributed by atoms with Crippen LogP contribution in [0, 0.1) is 11.8 Å². The molecule has 10 atom stereocenters. The van der Waals surface area contributed by atoms with Crippen molar-refractivity contribution in [3.8, 4) is 0 Å². The monoisotopic (exact) mass is 465 g/mol. The number of rotatable bonds is 14. The third-order valence-corrected chi connectivity index (χ3v) is 6.23. The third-order valence-electron chi connectivity index (χ3n) is 6.23. The Balaban J connectivity index is 2.78. The van der Waals surface area contributed by atoms with Gasteiger partial charge in [-0.1, -0.05) is 40.5 Å². The molecule has 1 fully saturated rings. The Labute approximate surface area is 190 Å². The zero-order valence-corrected chi connectivity index (χ0v) is 19.6. The minimum atomic E-state index is -1.58. The number of nitrogens with one attached hydrogen (secondary N) is 1. The van der Waals surface area contributed by atoms with Crippen LogP contribution in [0.3, 0.4) is 0 Å². The van der Waals surface area contributed by atoms with E-state index in [9.17, 15) is 35.4 Å². The van der Waals surface area contributed by atoms with Gasteiger partial charge in [-0.15, -0.1) is 0 Å². The normalized spacial score (nSPS) is 30.9. The van der Waals surface area contributed by atoms with E-state index in [0.717, 1.165) is 12.8 Å². The summed E-state index contributed by atoms with van der Waals surface area (Å²) >= 11 is 0. The number of carbonyl (C=O) groups is 1. The van der Waals surface area contributed by atoms with Crippen LogP contribution < -0.4 is 5.32 Å². The van der Waals surface area contributed by atoms with Gasteiger partial charge in [0, 0.05) is 0 Å². The lowest BCUT2D eigenvalue weighted by Gasteiger charge is -2.40. The van der Waals surface area contributed by atoms with E-state index in [0.29, 0.717) is 12.8 Å². The number of amides is 1. The smallest absolute Gasteiger partial charge is 0.222 e. The molecule has 190 valence electrons. The molecule has 0 radical (unpaired) electrons. The van der Waals surface area contributed by atoms with Gasteiger partial charge >= 0.3 is 0 Å². The summed E-state index contributed by atoms with van der Waals surface area (Å²) in [4.78, 5) is 12.5. The maximum Gasteiger partial charge on any atom is 0.222 e. The average Bonchev–Trinajstić information content (AvgIpc) is 2.75. The molecular weight excluding hydrogens is 422 g/mol. The number of hydrogen-bond donors (Lipinski definition) is 7. The van der Waals surface area contributed by atoms with Crippen molar-refractivity contribution >= 4 is 5.91 Å². The van der Waals surface area contributed by atoms with Crippen LogP contribution in [0.5, 0.6) is 0 Å². The molecule has 4 unspecified atom stereocenters. The Hall–Kier alpha value is -0.850. The maximum absolute atomic E-state index is 12.5. The fourth-order valence-corrected chi connectivity index (χ4v) is 3.59. The molecule has 0 aromatic heterocycles. The van der Waals surface area contributed by atoms with E-state index >= 15 is 0 Å². The van der Waals surface area contributed by atoms with Gasteiger partial charge in [-0.05, 0) is 24.7 Å². The molecule has 1 saturated heterocycles.